The Labute approximate surface area is 136 Å². The first-order valence-corrected chi connectivity index (χ1v) is 8.12. The highest BCUT2D eigenvalue weighted by Crippen LogP contribution is 2.25. The van der Waals surface area contributed by atoms with Gasteiger partial charge in [-0.25, -0.2) is 0 Å². The van der Waals surface area contributed by atoms with Crippen LogP contribution in [0.15, 0.2) is 54.7 Å². The van der Waals surface area contributed by atoms with Crippen LogP contribution in [0.4, 0.5) is 0 Å². The zero-order chi connectivity index (χ0) is 16.2. The molecule has 0 aliphatic rings. The van der Waals surface area contributed by atoms with Crippen molar-refractivity contribution in [2.45, 2.75) is 32.7 Å². The topological polar surface area (TPSA) is 42.2 Å². The van der Waals surface area contributed by atoms with Gasteiger partial charge in [-0.3, -0.25) is 4.79 Å². The van der Waals surface area contributed by atoms with E-state index >= 15 is 0 Å². The monoisotopic (exact) mass is 307 g/mol. The molecule has 3 rings (SSSR count). The van der Waals surface area contributed by atoms with E-state index in [1.165, 1.54) is 12.8 Å². The Balaban J connectivity index is 2.00. The summed E-state index contributed by atoms with van der Waals surface area (Å²) in [7, 11) is 0. The van der Waals surface area contributed by atoms with Crippen LogP contribution in [0.3, 0.4) is 0 Å². The number of phenolic OH excluding ortho intramolecular Hbond substituents is 1. The highest BCUT2D eigenvalue weighted by molar-refractivity contribution is 6.16. The molecule has 3 nitrogen and oxygen atoms in total. The second-order valence-corrected chi connectivity index (χ2v) is 5.84. The molecular formula is C20H21NO2. The van der Waals surface area contributed by atoms with E-state index in [0.717, 1.165) is 29.4 Å². The number of nitrogens with zero attached hydrogens (tertiary/aromatic N) is 1. The number of aromatic hydroxyl groups is 1. The fraction of sp³-hybridized carbons (Fsp3) is 0.250. The number of carbonyl (C=O) groups is 1. The summed E-state index contributed by atoms with van der Waals surface area (Å²) < 4.78 is 2.18. The smallest absolute Gasteiger partial charge is 0.195 e. The molecule has 1 aromatic heterocycles. The predicted molar refractivity (Wildman–Crippen MR) is 93.0 cm³/mol. The van der Waals surface area contributed by atoms with Gasteiger partial charge in [-0.1, -0.05) is 38.0 Å². The molecule has 1 heterocycles. The molecule has 3 heteroatoms. The predicted octanol–water partition coefficient (Wildman–Crippen LogP) is 4.77. The molecule has 0 bridgehead atoms. The average molecular weight is 307 g/mol. The lowest BCUT2D eigenvalue weighted by atomic mass is 10.0. The maximum absolute atomic E-state index is 12.8. The molecule has 0 fully saturated rings. The fourth-order valence-electron chi connectivity index (χ4n) is 2.91. The number of unbranched alkanes of at least 4 members (excludes halogenated alkanes) is 2. The Morgan fingerprint density at radius 3 is 2.52 bits per heavy atom. The van der Waals surface area contributed by atoms with Crippen molar-refractivity contribution < 1.29 is 9.90 Å². The fourth-order valence-corrected chi connectivity index (χ4v) is 2.91. The van der Waals surface area contributed by atoms with Gasteiger partial charge in [0, 0.05) is 34.8 Å². The van der Waals surface area contributed by atoms with Crippen LogP contribution in [0.5, 0.6) is 5.75 Å². The first kappa shape index (κ1) is 15.3. The summed E-state index contributed by atoms with van der Waals surface area (Å²) in [6.45, 7) is 3.12. The summed E-state index contributed by atoms with van der Waals surface area (Å²) >= 11 is 0. The van der Waals surface area contributed by atoms with Gasteiger partial charge in [0.05, 0.1) is 0 Å². The van der Waals surface area contributed by atoms with E-state index < -0.39 is 0 Å². The van der Waals surface area contributed by atoms with Gasteiger partial charge >= 0.3 is 0 Å². The van der Waals surface area contributed by atoms with E-state index in [2.05, 4.69) is 17.6 Å². The highest BCUT2D eigenvalue weighted by atomic mass is 16.3. The number of fused-ring (bicyclic) bond motifs is 1. The van der Waals surface area contributed by atoms with Crippen LogP contribution >= 0.6 is 0 Å². The molecule has 1 N–H and O–H groups in total. The van der Waals surface area contributed by atoms with E-state index in [4.69, 9.17) is 0 Å². The number of hydrogen-bond donors (Lipinski definition) is 1. The number of ketones is 1. The van der Waals surface area contributed by atoms with E-state index in [1.54, 1.807) is 24.3 Å². The Morgan fingerprint density at radius 1 is 1.04 bits per heavy atom. The molecule has 2 aromatic carbocycles. The van der Waals surface area contributed by atoms with Crippen LogP contribution in [-0.2, 0) is 6.54 Å². The van der Waals surface area contributed by atoms with Crippen molar-refractivity contribution in [3.8, 4) is 5.75 Å². The minimum atomic E-state index is -0.00422. The zero-order valence-electron chi connectivity index (χ0n) is 13.3. The number of carbonyl (C=O) groups excluding carboxylic acids is 1. The van der Waals surface area contributed by atoms with Crippen LogP contribution in [0.1, 0.15) is 42.1 Å². The van der Waals surface area contributed by atoms with Gasteiger partial charge in [-0.05, 0) is 36.8 Å². The summed E-state index contributed by atoms with van der Waals surface area (Å²) in [6, 6.07) is 14.5. The van der Waals surface area contributed by atoms with Gasteiger partial charge in [0.1, 0.15) is 5.75 Å². The minimum Gasteiger partial charge on any atom is -0.508 e. The van der Waals surface area contributed by atoms with Gasteiger partial charge in [0.25, 0.3) is 0 Å². The number of benzene rings is 2. The Bertz CT molecular complexity index is 815. The van der Waals surface area contributed by atoms with Crippen LogP contribution in [0, 0.1) is 0 Å². The number of phenols is 1. The minimum absolute atomic E-state index is 0.00422. The molecule has 0 radical (unpaired) electrons. The van der Waals surface area contributed by atoms with E-state index in [0.29, 0.717) is 5.56 Å². The van der Waals surface area contributed by atoms with Crippen molar-refractivity contribution >= 4 is 16.7 Å². The largest absolute Gasteiger partial charge is 0.508 e. The third-order valence-corrected chi connectivity index (χ3v) is 4.17. The summed E-state index contributed by atoms with van der Waals surface area (Å²) in [6.07, 6.45) is 5.45. The number of hydrogen-bond acceptors (Lipinski definition) is 2. The van der Waals surface area contributed by atoms with Gasteiger partial charge in [-0.2, -0.15) is 0 Å². The number of aromatic nitrogens is 1. The van der Waals surface area contributed by atoms with Crippen molar-refractivity contribution in [3.63, 3.8) is 0 Å². The molecule has 3 aromatic rings. The molecule has 0 saturated carbocycles. The van der Waals surface area contributed by atoms with Crippen molar-refractivity contribution in [3.05, 3.63) is 65.9 Å². The van der Waals surface area contributed by atoms with Crippen molar-refractivity contribution in [2.24, 2.45) is 0 Å². The van der Waals surface area contributed by atoms with Crippen LogP contribution in [-0.4, -0.2) is 15.5 Å². The average Bonchev–Trinajstić information content (AvgIpc) is 2.94. The lowest BCUT2D eigenvalue weighted by molar-refractivity contribution is 0.104. The summed E-state index contributed by atoms with van der Waals surface area (Å²) in [5.41, 5.74) is 2.42. The van der Waals surface area contributed by atoms with Crippen molar-refractivity contribution in [2.75, 3.05) is 0 Å². The lowest BCUT2D eigenvalue weighted by Gasteiger charge is -2.03. The molecular weight excluding hydrogens is 286 g/mol. The standard InChI is InChI=1S/C20H21NO2/c1-2-3-6-13-21-14-18(17-7-4-5-8-19(17)21)20(23)15-9-11-16(22)12-10-15/h4-5,7-12,14,22H,2-3,6,13H2,1H3. The number of rotatable bonds is 6. The Morgan fingerprint density at radius 2 is 1.78 bits per heavy atom. The number of para-hydroxylation sites is 1. The van der Waals surface area contributed by atoms with E-state index in [1.807, 2.05) is 24.4 Å². The summed E-state index contributed by atoms with van der Waals surface area (Å²) in [5.74, 6) is 0.166. The van der Waals surface area contributed by atoms with E-state index in [-0.39, 0.29) is 11.5 Å². The van der Waals surface area contributed by atoms with Gasteiger partial charge in [0.2, 0.25) is 0 Å². The second-order valence-electron chi connectivity index (χ2n) is 5.84. The van der Waals surface area contributed by atoms with Gasteiger partial charge < -0.3 is 9.67 Å². The van der Waals surface area contributed by atoms with Crippen molar-refractivity contribution in [1.82, 2.24) is 4.57 Å². The highest BCUT2D eigenvalue weighted by Gasteiger charge is 2.16. The van der Waals surface area contributed by atoms with Crippen molar-refractivity contribution in [1.29, 1.82) is 0 Å². The molecule has 118 valence electrons. The summed E-state index contributed by atoms with van der Waals surface area (Å²) in [4.78, 5) is 12.8. The molecule has 0 aliphatic heterocycles. The quantitative estimate of drug-likeness (QED) is 0.526. The molecule has 0 atom stereocenters. The van der Waals surface area contributed by atoms with Gasteiger partial charge in [-0.15, -0.1) is 0 Å². The number of aryl methyl sites for hydroxylation is 1. The SMILES string of the molecule is CCCCCn1cc(C(=O)c2ccc(O)cc2)c2ccccc21. The molecule has 0 amide bonds. The first-order chi connectivity index (χ1) is 11.2. The molecule has 0 spiro atoms. The van der Waals surface area contributed by atoms with Crippen LogP contribution < -0.4 is 0 Å². The van der Waals surface area contributed by atoms with Gasteiger partial charge in [0.15, 0.2) is 5.78 Å². The maximum atomic E-state index is 12.8. The van der Waals surface area contributed by atoms with E-state index in [9.17, 15) is 9.90 Å². The molecule has 0 aliphatic carbocycles. The third-order valence-electron chi connectivity index (χ3n) is 4.17. The summed E-state index contributed by atoms with van der Waals surface area (Å²) in [5, 5.41) is 10.4. The third kappa shape index (κ3) is 3.14. The first-order valence-electron chi connectivity index (χ1n) is 8.12. The normalized spacial score (nSPS) is 11.0. The second kappa shape index (κ2) is 6.69. The molecule has 0 saturated heterocycles. The Hall–Kier alpha value is -2.55. The lowest BCUT2D eigenvalue weighted by Crippen LogP contribution is -2.00. The molecule has 23 heavy (non-hydrogen) atoms. The molecule has 0 unspecified atom stereocenters. The van der Waals surface area contributed by atoms with Crippen LogP contribution in [0.25, 0.3) is 10.9 Å². The van der Waals surface area contributed by atoms with Crippen LogP contribution in [0.2, 0.25) is 0 Å². The Kier molecular flexibility index (Phi) is 4.47. The maximum Gasteiger partial charge on any atom is 0.195 e. The zero-order valence-corrected chi connectivity index (χ0v) is 13.3.